The van der Waals surface area contributed by atoms with Crippen LogP contribution in [0.3, 0.4) is 0 Å². The number of thioether (sulfide) groups is 1. The van der Waals surface area contributed by atoms with Gasteiger partial charge in [-0.15, -0.1) is 23.1 Å². The first-order valence-corrected chi connectivity index (χ1v) is 16.3. The Labute approximate surface area is 252 Å². The van der Waals surface area contributed by atoms with E-state index in [4.69, 9.17) is 28.3 Å². The normalized spacial score (nSPS) is 11.9. The van der Waals surface area contributed by atoms with Crippen molar-refractivity contribution < 1.29 is 18.0 Å². The second kappa shape index (κ2) is 13.7. The highest BCUT2D eigenvalue weighted by atomic mass is 32.2. The first-order valence-electron chi connectivity index (χ1n) is 12.8. The van der Waals surface area contributed by atoms with Gasteiger partial charge < -0.3 is 33.6 Å². The summed E-state index contributed by atoms with van der Waals surface area (Å²) in [5.74, 6) is -1.07. The highest BCUT2D eigenvalue weighted by Crippen LogP contribution is 2.40. The summed E-state index contributed by atoms with van der Waals surface area (Å²) in [7, 11) is -4.00. The van der Waals surface area contributed by atoms with E-state index >= 15 is 0 Å². The van der Waals surface area contributed by atoms with E-state index in [0.717, 1.165) is 17.8 Å². The van der Waals surface area contributed by atoms with E-state index in [1.54, 1.807) is 31.4 Å². The fourth-order valence-corrected chi connectivity index (χ4v) is 8.14. The molecule has 3 rings (SSSR count). The van der Waals surface area contributed by atoms with Gasteiger partial charge in [-0.2, -0.15) is 0 Å². The summed E-state index contributed by atoms with van der Waals surface area (Å²) in [4.78, 5) is 29.4. The van der Waals surface area contributed by atoms with Crippen molar-refractivity contribution in [2.45, 2.75) is 53.2 Å². The molecule has 2 aromatic carbocycles. The molecular formula is C27H34N8O4S3. The van der Waals surface area contributed by atoms with Crippen LogP contribution in [0.5, 0.6) is 0 Å². The number of aliphatic imine (C=N–C) groups is 1. The quantitative estimate of drug-likeness (QED) is 0.0884. The van der Waals surface area contributed by atoms with Crippen molar-refractivity contribution in [1.82, 2.24) is 5.32 Å². The lowest BCUT2D eigenvalue weighted by Crippen LogP contribution is -2.46. The maximum atomic E-state index is 13.7. The Morgan fingerprint density at radius 1 is 1.12 bits per heavy atom. The van der Waals surface area contributed by atoms with Gasteiger partial charge in [-0.3, -0.25) is 10.2 Å². The van der Waals surface area contributed by atoms with Crippen molar-refractivity contribution >= 4 is 68.0 Å². The molecule has 3 amide bonds. The molecule has 1 aromatic heterocycles. The molecule has 1 atom stereocenters. The SMILES string of the molecule is CCCCC(NC(=O)Nc1cc(N=C(N)N)cc(C)c1-c1cccc(S(=O)(=O)c2cc(C(=N)N)sc2SC)c1)C(N)=O. The van der Waals surface area contributed by atoms with Gasteiger partial charge in [-0.1, -0.05) is 31.9 Å². The monoisotopic (exact) mass is 630 g/mol. The van der Waals surface area contributed by atoms with E-state index in [0.29, 0.717) is 44.3 Å². The predicted octanol–water partition coefficient (Wildman–Crippen LogP) is 3.63. The van der Waals surface area contributed by atoms with Crippen LogP contribution in [0, 0.1) is 12.3 Å². The number of anilines is 1. The Bertz CT molecular complexity index is 1650. The number of nitrogen functional groups attached to an aromatic ring is 1. The third-order valence-corrected chi connectivity index (χ3v) is 10.5. The van der Waals surface area contributed by atoms with E-state index < -0.39 is 27.8 Å². The second-order valence-electron chi connectivity index (χ2n) is 9.33. The molecule has 0 saturated carbocycles. The first kappa shape index (κ1) is 32.4. The summed E-state index contributed by atoms with van der Waals surface area (Å²) >= 11 is 2.39. The summed E-state index contributed by atoms with van der Waals surface area (Å²) in [5.41, 5.74) is 24.5. The Kier molecular flexibility index (Phi) is 10.6. The Balaban J connectivity index is 2.11. The van der Waals surface area contributed by atoms with E-state index in [1.807, 2.05) is 6.92 Å². The van der Waals surface area contributed by atoms with Gasteiger partial charge in [0, 0.05) is 5.56 Å². The second-order valence-corrected chi connectivity index (χ2v) is 13.4. The van der Waals surface area contributed by atoms with Gasteiger partial charge in [0.2, 0.25) is 15.7 Å². The zero-order valence-corrected chi connectivity index (χ0v) is 25.8. The maximum Gasteiger partial charge on any atom is 0.319 e. The molecule has 3 aromatic rings. The van der Waals surface area contributed by atoms with Gasteiger partial charge >= 0.3 is 6.03 Å². The molecule has 0 aliphatic carbocycles. The lowest BCUT2D eigenvalue weighted by molar-refractivity contribution is -0.119. The third kappa shape index (κ3) is 7.60. The number of aryl methyl sites for hydroxylation is 1. The van der Waals surface area contributed by atoms with Gasteiger partial charge in [0.25, 0.3) is 0 Å². The Morgan fingerprint density at radius 3 is 2.43 bits per heavy atom. The zero-order chi connectivity index (χ0) is 31.2. The number of guanidine groups is 1. The van der Waals surface area contributed by atoms with Gasteiger partial charge in [0.1, 0.15) is 11.9 Å². The van der Waals surface area contributed by atoms with Gasteiger partial charge in [-0.25, -0.2) is 18.2 Å². The summed E-state index contributed by atoms with van der Waals surface area (Å²) in [6.07, 6.45) is 3.64. The molecule has 0 fully saturated rings. The fraction of sp³-hybridized carbons (Fsp3) is 0.259. The van der Waals surface area contributed by atoms with Crippen LogP contribution in [0.25, 0.3) is 11.1 Å². The van der Waals surface area contributed by atoms with Crippen LogP contribution in [-0.4, -0.2) is 44.4 Å². The number of nitrogens with one attached hydrogen (secondary N) is 3. The Hall–Kier alpha value is -4.08. The fourth-order valence-electron chi connectivity index (χ4n) is 4.24. The maximum absolute atomic E-state index is 13.7. The third-order valence-electron chi connectivity index (χ3n) is 6.16. The van der Waals surface area contributed by atoms with E-state index in [1.165, 1.54) is 36.0 Å². The average Bonchev–Trinajstić information content (AvgIpc) is 3.36. The number of amidine groups is 1. The lowest BCUT2D eigenvalue weighted by atomic mass is 9.97. The molecule has 1 unspecified atom stereocenters. The molecule has 0 bridgehead atoms. The number of amides is 3. The van der Waals surface area contributed by atoms with Crippen molar-refractivity contribution in [3.63, 3.8) is 0 Å². The molecule has 0 radical (unpaired) electrons. The number of urea groups is 1. The minimum atomic E-state index is -4.00. The van der Waals surface area contributed by atoms with Gasteiger partial charge in [0.05, 0.1) is 30.3 Å². The highest BCUT2D eigenvalue weighted by molar-refractivity contribution is 8.01. The molecule has 12 nitrogen and oxygen atoms in total. The molecule has 15 heteroatoms. The van der Waals surface area contributed by atoms with Crippen LogP contribution in [0.1, 0.15) is 36.6 Å². The summed E-state index contributed by atoms with van der Waals surface area (Å²) in [6, 6.07) is 9.37. The van der Waals surface area contributed by atoms with Crippen LogP contribution in [0.2, 0.25) is 0 Å². The zero-order valence-electron chi connectivity index (χ0n) is 23.4. The van der Waals surface area contributed by atoms with Crippen LogP contribution < -0.4 is 33.6 Å². The molecule has 1 heterocycles. The molecule has 11 N–H and O–H groups in total. The number of carbonyl (C=O) groups is 2. The van der Waals surface area contributed by atoms with E-state index in [9.17, 15) is 18.0 Å². The number of rotatable bonds is 12. The first-order chi connectivity index (χ1) is 19.8. The summed E-state index contributed by atoms with van der Waals surface area (Å²) in [6.45, 7) is 3.72. The van der Waals surface area contributed by atoms with Crippen molar-refractivity contribution in [1.29, 1.82) is 5.41 Å². The minimum absolute atomic E-state index is 0.0136. The number of nitrogens with two attached hydrogens (primary N) is 4. The smallest absolute Gasteiger partial charge is 0.319 e. The average molecular weight is 631 g/mol. The van der Waals surface area contributed by atoms with Gasteiger partial charge in [0.15, 0.2) is 5.96 Å². The summed E-state index contributed by atoms with van der Waals surface area (Å²) in [5, 5.41) is 13.1. The molecular weight excluding hydrogens is 597 g/mol. The van der Waals surface area contributed by atoms with Crippen molar-refractivity contribution in [2.75, 3.05) is 11.6 Å². The van der Waals surface area contributed by atoms with Gasteiger partial charge in [-0.05, 0) is 61.1 Å². The number of sulfone groups is 1. The minimum Gasteiger partial charge on any atom is -0.383 e. The van der Waals surface area contributed by atoms with E-state index in [-0.39, 0.29) is 27.3 Å². The molecule has 0 spiro atoms. The molecule has 0 aliphatic heterocycles. The van der Waals surface area contributed by atoms with Crippen LogP contribution >= 0.6 is 23.1 Å². The van der Waals surface area contributed by atoms with Crippen LogP contribution in [0.4, 0.5) is 16.2 Å². The standard InChI is InChI=1S/C27H34N8O4S3/c1-4-5-9-18(24(30)36)34-27(37)35-19-12-16(33-26(31)32)10-14(2)22(19)15-7-6-8-17(11-15)42(38,39)21-13-20(23(28)29)41-25(21)40-3/h6-8,10-13,18H,4-5,9H2,1-3H3,(H3,28,29)(H2,30,36)(H4,31,32,33)(H2,34,35,37). The Morgan fingerprint density at radius 2 is 1.83 bits per heavy atom. The highest BCUT2D eigenvalue weighted by Gasteiger charge is 2.26. The number of thiophene rings is 1. The van der Waals surface area contributed by atoms with Crippen molar-refractivity contribution in [3.05, 3.63) is 52.9 Å². The number of carbonyl (C=O) groups excluding carboxylic acids is 2. The number of nitrogens with zero attached hydrogens (tertiary/aromatic N) is 1. The van der Waals surface area contributed by atoms with Crippen LogP contribution in [-0.2, 0) is 14.6 Å². The largest absolute Gasteiger partial charge is 0.383 e. The molecule has 42 heavy (non-hydrogen) atoms. The summed E-state index contributed by atoms with van der Waals surface area (Å²) < 4.78 is 28.0. The van der Waals surface area contributed by atoms with Crippen molar-refractivity contribution in [2.24, 2.45) is 27.9 Å². The number of benzene rings is 2. The number of unbranched alkanes of at least 4 members (excludes halogenated alkanes) is 1. The predicted molar refractivity (Wildman–Crippen MR) is 169 cm³/mol. The molecule has 224 valence electrons. The van der Waals surface area contributed by atoms with Crippen LogP contribution in [0.15, 0.2) is 61.5 Å². The number of hydrogen-bond acceptors (Lipinski definition) is 8. The lowest BCUT2D eigenvalue weighted by Gasteiger charge is -2.19. The number of primary amides is 1. The topological polar surface area (TPSA) is 233 Å². The number of hydrogen-bond donors (Lipinski definition) is 7. The molecule has 0 aliphatic rings. The van der Waals surface area contributed by atoms with Crippen molar-refractivity contribution in [3.8, 4) is 11.1 Å². The molecule has 0 saturated heterocycles. The van der Waals surface area contributed by atoms with E-state index in [2.05, 4.69) is 15.6 Å².